The maximum Gasteiger partial charge on any atom is 0.192 e. The summed E-state index contributed by atoms with van der Waals surface area (Å²) in [6.07, 6.45) is -1.19. The van der Waals surface area contributed by atoms with Crippen LogP contribution in [-0.2, 0) is 9.16 Å². The van der Waals surface area contributed by atoms with Crippen LogP contribution in [0.3, 0.4) is 0 Å². The molecule has 122 valence electrons. The first-order chi connectivity index (χ1) is 8.54. The van der Waals surface area contributed by atoms with Crippen molar-refractivity contribution in [2.24, 2.45) is 0 Å². The fraction of sp³-hybridized carbons (Fsp3) is 1.00. The van der Waals surface area contributed by atoms with Crippen LogP contribution >= 0.6 is 0 Å². The summed E-state index contributed by atoms with van der Waals surface area (Å²) in [5.74, 6) is 0. The first-order valence-electron chi connectivity index (χ1n) is 7.19. The van der Waals surface area contributed by atoms with Gasteiger partial charge in [-0.2, -0.15) is 0 Å². The normalized spacial score (nSPS) is 18.0. The van der Waals surface area contributed by atoms with Crippen LogP contribution in [-0.4, -0.2) is 49.1 Å². The molecule has 0 aromatic rings. The summed E-state index contributed by atoms with van der Waals surface area (Å²) >= 11 is 0. The van der Waals surface area contributed by atoms with Gasteiger partial charge in [0.25, 0.3) is 0 Å². The molecule has 0 spiro atoms. The maximum atomic E-state index is 10.5. The van der Waals surface area contributed by atoms with E-state index in [4.69, 9.17) is 9.16 Å². The molecule has 0 radical (unpaired) electrons. The summed E-state index contributed by atoms with van der Waals surface area (Å²) in [7, 11) is -0.549. The molecule has 0 aromatic carbocycles. The topological polar surface area (TPSA) is 58.9 Å². The Labute approximate surface area is 125 Å². The third-order valence-corrected chi connectivity index (χ3v) is 8.60. The number of rotatable bonds is 6. The number of aliphatic hydroxyl groups is 2. The van der Waals surface area contributed by atoms with E-state index in [1.807, 2.05) is 0 Å². The quantitative estimate of drug-likeness (QED) is 0.741. The Bertz CT molecular complexity index is 307. The predicted octanol–water partition coefficient (Wildman–Crippen LogP) is 2.93. The summed E-state index contributed by atoms with van der Waals surface area (Å²) in [6.45, 7) is 17.4. The smallest absolute Gasteiger partial charge is 0.192 e. The first-order valence-corrected chi connectivity index (χ1v) is 10.1. The van der Waals surface area contributed by atoms with Crippen LogP contribution in [0.5, 0.6) is 0 Å². The minimum absolute atomic E-state index is 0.0222. The van der Waals surface area contributed by atoms with Gasteiger partial charge in [-0.25, -0.2) is 0 Å². The van der Waals surface area contributed by atoms with Crippen molar-refractivity contribution in [3.63, 3.8) is 0 Å². The van der Waals surface area contributed by atoms with Gasteiger partial charge < -0.3 is 19.4 Å². The fourth-order valence-corrected chi connectivity index (χ4v) is 3.25. The minimum Gasteiger partial charge on any atom is -0.408 e. The van der Waals surface area contributed by atoms with Crippen molar-refractivity contribution >= 4 is 8.32 Å². The predicted molar refractivity (Wildman–Crippen MR) is 85.5 cm³/mol. The molecule has 0 aliphatic carbocycles. The van der Waals surface area contributed by atoms with E-state index in [1.54, 1.807) is 27.7 Å². The molecule has 0 rings (SSSR count). The van der Waals surface area contributed by atoms with Crippen LogP contribution in [0.4, 0.5) is 0 Å². The van der Waals surface area contributed by atoms with Gasteiger partial charge in [-0.1, -0.05) is 20.8 Å². The molecular formula is C15H34O4Si. The highest BCUT2D eigenvalue weighted by atomic mass is 28.4. The van der Waals surface area contributed by atoms with Crippen molar-refractivity contribution in [1.82, 2.24) is 0 Å². The Morgan fingerprint density at radius 1 is 0.800 bits per heavy atom. The fourth-order valence-electron chi connectivity index (χ4n) is 1.85. The molecule has 0 amide bonds. The second-order valence-corrected chi connectivity index (χ2v) is 13.0. The zero-order valence-corrected chi connectivity index (χ0v) is 15.9. The van der Waals surface area contributed by atoms with Crippen LogP contribution in [0, 0.1) is 0 Å². The second kappa shape index (κ2) is 6.05. The van der Waals surface area contributed by atoms with Crippen LogP contribution in [0.1, 0.15) is 48.5 Å². The van der Waals surface area contributed by atoms with Crippen LogP contribution in [0.15, 0.2) is 0 Å². The van der Waals surface area contributed by atoms with Crippen LogP contribution < -0.4 is 0 Å². The van der Waals surface area contributed by atoms with E-state index in [2.05, 4.69) is 33.9 Å². The van der Waals surface area contributed by atoms with Crippen LogP contribution in [0.2, 0.25) is 18.1 Å². The van der Waals surface area contributed by atoms with E-state index in [9.17, 15) is 10.2 Å². The highest BCUT2D eigenvalue weighted by Gasteiger charge is 2.48. The molecule has 0 aliphatic rings. The summed E-state index contributed by atoms with van der Waals surface area (Å²) < 4.78 is 11.8. The van der Waals surface area contributed by atoms with Gasteiger partial charge in [0.05, 0.1) is 11.2 Å². The molecule has 2 N–H and O–H groups in total. The van der Waals surface area contributed by atoms with Gasteiger partial charge in [-0.3, -0.25) is 0 Å². The molecule has 5 heteroatoms. The second-order valence-electron chi connectivity index (χ2n) is 8.26. The Morgan fingerprint density at radius 3 is 1.35 bits per heavy atom. The average molecular weight is 307 g/mol. The number of hydrogen-bond donors (Lipinski definition) is 2. The SMILES string of the molecule is CO[C@H]([C@@H](O[Si](C)(C)C(C)(C)C)C(C)(C)O)C(C)(C)O. The summed E-state index contributed by atoms with van der Waals surface area (Å²) in [5.41, 5.74) is -2.20. The Balaban J connectivity index is 5.52. The molecular weight excluding hydrogens is 272 g/mol. The third-order valence-electron chi connectivity index (χ3n) is 4.15. The molecule has 2 atom stereocenters. The Hall–Kier alpha value is 0.0569. The van der Waals surface area contributed by atoms with Crippen LogP contribution in [0.25, 0.3) is 0 Å². The van der Waals surface area contributed by atoms with Crippen molar-refractivity contribution in [1.29, 1.82) is 0 Å². The molecule has 0 heterocycles. The lowest BCUT2D eigenvalue weighted by atomic mass is 9.88. The van der Waals surface area contributed by atoms with E-state index in [0.29, 0.717) is 0 Å². The molecule has 4 nitrogen and oxygen atoms in total. The van der Waals surface area contributed by atoms with Gasteiger partial charge in [-0.15, -0.1) is 0 Å². The van der Waals surface area contributed by atoms with Crippen molar-refractivity contribution in [2.45, 2.75) is 90.0 Å². The van der Waals surface area contributed by atoms with E-state index < -0.39 is 31.7 Å². The maximum absolute atomic E-state index is 10.5. The van der Waals surface area contributed by atoms with Gasteiger partial charge >= 0.3 is 0 Å². The van der Waals surface area contributed by atoms with E-state index in [0.717, 1.165) is 0 Å². The lowest BCUT2D eigenvalue weighted by molar-refractivity contribution is -0.169. The van der Waals surface area contributed by atoms with Crippen molar-refractivity contribution in [2.75, 3.05) is 7.11 Å². The molecule has 20 heavy (non-hydrogen) atoms. The average Bonchev–Trinajstić information content (AvgIpc) is 2.11. The Morgan fingerprint density at radius 2 is 1.15 bits per heavy atom. The summed E-state index contributed by atoms with van der Waals surface area (Å²) in [4.78, 5) is 0. The molecule has 0 aromatic heterocycles. The zero-order chi connectivity index (χ0) is 16.6. The van der Waals surface area contributed by atoms with E-state index in [-0.39, 0.29) is 5.04 Å². The van der Waals surface area contributed by atoms with Gasteiger partial charge in [0.1, 0.15) is 12.2 Å². The Kier molecular flexibility index (Phi) is 6.06. The highest BCUT2D eigenvalue weighted by Crippen LogP contribution is 2.40. The lowest BCUT2D eigenvalue weighted by Gasteiger charge is -2.47. The van der Waals surface area contributed by atoms with Crippen molar-refractivity contribution in [3.05, 3.63) is 0 Å². The summed E-state index contributed by atoms with van der Waals surface area (Å²) in [5, 5.41) is 20.8. The van der Waals surface area contributed by atoms with Gasteiger partial charge in [0.15, 0.2) is 8.32 Å². The van der Waals surface area contributed by atoms with Crippen molar-refractivity contribution < 1.29 is 19.4 Å². The van der Waals surface area contributed by atoms with Gasteiger partial charge in [-0.05, 0) is 45.8 Å². The molecule has 0 saturated carbocycles. The first kappa shape index (κ1) is 20.1. The van der Waals surface area contributed by atoms with E-state index >= 15 is 0 Å². The third kappa shape index (κ3) is 5.11. The molecule has 0 fully saturated rings. The zero-order valence-electron chi connectivity index (χ0n) is 14.9. The minimum atomic E-state index is -2.09. The molecule has 0 saturated heterocycles. The largest absolute Gasteiger partial charge is 0.408 e. The van der Waals surface area contributed by atoms with Gasteiger partial charge in [0, 0.05) is 7.11 Å². The van der Waals surface area contributed by atoms with Crippen molar-refractivity contribution in [3.8, 4) is 0 Å². The molecule has 0 aliphatic heterocycles. The monoisotopic (exact) mass is 306 g/mol. The lowest BCUT2D eigenvalue weighted by Crippen LogP contribution is -2.60. The number of methoxy groups -OCH3 is 1. The molecule has 0 unspecified atom stereocenters. The number of ether oxygens (including phenoxy) is 1. The standard InChI is InChI=1S/C15H34O4Si/c1-13(2,3)20(9,10)19-12(15(6,7)17)11(18-8)14(4,5)16/h11-12,16-17H,1-10H3/t11-,12-/m1/s1. The van der Waals surface area contributed by atoms with E-state index in [1.165, 1.54) is 7.11 Å². The summed E-state index contributed by atoms with van der Waals surface area (Å²) in [6, 6.07) is 0. The number of hydrogen-bond acceptors (Lipinski definition) is 4. The molecule has 0 bridgehead atoms. The van der Waals surface area contributed by atoms with Gasteiger partial charge in [0.2, 0.25) is 0 Å². The highest BCUT2D eigenvalue weighted by molar-refractivity contribution is 6.74.